The molecule has 1 aromatic rings. The van der Waals surface area contributed by atoms with Gasteiger partial charge in [0, 0.05) is 6.42 Å². The fourth-order valence-electron chi connectivity index (χ4n) is 1.81. The normalized spacial score (nSPS) is 13.4. The first-order valence-corrected chi connectivity index (χ1v) is 5.97. The molecule has 0 aliphatic rings. The number of rotatable bonds is 6. The van der Waals surface area contributed by atoms with E-state index in [1.165, 1.54) is 0 Å². The average molecular weight is 281 g/mol. The minimum Gasteiger partial charge on any atom is -0.392 e. The van der Waals surface area contributed by atoms with Crippen molar-refractivity contribution in [2.75, 3.05) is 0 Å². The van der Waals surface area contributed by atoms with Gasteiger partial charge in [-0.15, -0.1) is 0 Å². The van der Waals surface area contributed by atoms with Crippen molar-refractivity contribution < 1.29 is 14.7 Å². The van der Waals surface area contributed by atoms with E-state index in [2.05, 4.69) is 0 Å². The van der Waals surface area contributed by atoms with E-state index in [0.29, 0.717) is 11.1 Å². The lowest BCUT2D eigenvalue weighted by Gasteiger charge is -2.27. The molecule has 0 fully saturated rings. The summed E-state index contributed by atoms with van der Waals surface area (Å²) in [4.78, 5) is 23.1. The number of nitrogens with two attached hydrogens (primary N) is 3. The van der Waals surface area contributed by atoms with Crippen molar-refractivity contribution in [1.29, 1.82) is 0 Å². The quantitative estimate of drug-likeness (QED) is 0.203. The lowest BCUT2D eigenvalue weighted by molar-refractivity contribution is -0.127. The molecule has 0 spiro atoms. The Bertz CT molecular complexity index is 476. The maximum atomic E-state index is 11.9. The van der Waals surface area contributed by atoms with Gasteiger partial charge in [0.25, 0.3) is 5.91 Å². The first-order chi connectivity index (χ1) is 9.47. The summed E-state index contributed by atoms with van der Waals surface area (Å²) in [6.07, 6.45) is 0.0136. The van der Waals surface area contributed by atoms with Crippen LogP contribution in [0, 0.1) is 0 Å². The third-order valence-electron chi connectivity index (χ3n) is 3.10. The van der Waals surface area contributed by atoms with Crippen LogP contribution in [0.5, 0.6) is 0 Å². The van der Waals surface area contributed by atoms with Crippen molar-refractivity contribution >= 4 is 11.8 Å². The molecule has 8 heteroatoms. The maximum absolute atomic E-state index is 11.9. The summed E-state index contributed by atoms with van der Waals surface area (Å²) in [6.45, 7) is -0.115. The monoisotopic (exact) mass is 281 g/mol. The second-order valence-corrected chi connectivity index (χ2v) is 4.37. The number of hydrogen-bond donors (Lipinski definition) is 6. The number of benzene rings is 1. The SMILES string of the molecule is NNC(=O)CC[C@](N)(C(=O)NN)c1ccc(CO)cc1. The summed E-state index contributed by atoms with van der Waals surface area (Å²) in [7, 11) is 0. The van der Waals surface area contributed by atoms with Crippen molar-refractivity contribution in [3.8, 4) is 0 Å². The lowest BCUT2D eigenvalue weighted by atomic mass is 9.85. The molecule has 1 rings (SSSR count). The van der Waals surface area contributed by atoms with Crippen molar-refractivity contribution in [1.82, 2.24) is 10.9 Å². The van der Waals surface area contributed by atoms with Gasteiger partial charge >= 0.3 is 0 Å². The minimum atomic E-state index is -1.45. The molecule has 0 aliphatic heterocycles. The number of nitrogens with one attached hydrogen (secondary N) is 2. The van der Waals surface area contributed by atoms with Crippen molar-refractivity contribution in [2.24, 2.45) is 17.4 Å². The molecule has 2 amide bonds. The zero-order chi connectivity index (χ0) is 15.2. The third-order valence-corrected chi connectivity index (χ3v) is 3.10. The van der Waals surface area contributed by atoms with Gasteiger partial charge in [0.15, 0.2) is 0 Å². The van der Waals surface area contributed by atoms with Gasteiger partial charge in [-0.2, -0.15) is 0 Å². The van der Waals surface area contributed by atoms with Crippen LogP contribution in [0.4, 0.5) is 0 Å². The van der Waals surface area contributed by atoms with Crippen molar-refractivity contribution in [3.63, 3.8) is 0 Å². The summed E-state index contributed by atoms with van der Waals surface area (Å²) < 4.78 is 0. The Morgan fingerprint density at radius 1 is 1.15 bits per heavy atom. The van der Waals surface area contributed by atoms with E-state index in [1.54, 1.807) is 24.3 Å². The van der Waals surface area contributed by atoms with Crippen LogP contribution in [0.15, 0.2) is 24.3 Å². The molecule has 110 valence electrons. The van der Waals surface area contributed by atoms with Gasteiger partial charge in [-0.25, -0.2) is 11.7 Å². The summed E-state index contributed by atoms with van der Waals surface area (Å²) in [5.41, 5.74) is 9.79. The van der Waals surface area contributed by atoms with Crippen molar-refractivity contribution in [3.05, 3.63) is 35.4 Å². The minimum absolute atomic E-state index is 0.0256. The summed E-state index contributed by atoms with van der Waals surface area (Å²) >= 11 is 0. The highest BCUT2D eigenvalue weighted by Crippen LogP contribution is 2.24. The van der Waals surface area contributed by atoms with E-state index in [1.807, 2.05) is 10.9 Å². The van der Waals surface area contributed by atoms with Crippen LogP contribution in [0.25, 0.3) is 0 Å². The number of hydrogen-bond acceptors (Lipinski definition) is 6. The predicted octanol–water partition coefficient (Wildman–Crippen LogP) is -1.91. The molecule has 1 aromatic carbocycles. The Morgan fingerprint density at radius 3 is 2.20 bits per heavy atom. The van der Waals surface area contributed by atoms with E-state index in [-0.39, 0.29) is 19.4 Å². The van der Waals surface area contributed by atoms with E-state index < -0.39 is 17.4 Å². The second kappa shape index (κ2) is 6.96. The highest BCUT2D eigenvalue weighted by molar-refractivity contribution is 5.88. The Labute approximate surface area is 116 Å². The Morgan fingerprint density at radius 2 is 1.75 bits per heavy atom. The number of aliphatic hydroxyl groups excluding tert-OH is 1. The molecule has 0 bridgehead atoms. The summed E-state index contributed by atoms with van der Waals surface area (Å²) in [5.74, 6) is 9.09. The van der Waals surface area contributed by atoms with Gasteiger partial charge < -0.3 is 10.8 Å². The highest BCUT2D eigenvalue weighted by atomic mass is 16.3. The number of carbonyl (C=O) groups is 2. The van der Waals surface area contributed by atoms with Crippen LogP contribution in [0.2, 0.25) is 0 Å². The maximum Gasteiger partial charge on any atom is 0.258 e. The fourth-order valence-corrected chi connectivity index (χ4v) is 1.81. The standard InChI is InChI=1S/C12H19N5O3/c13-12(11(20)17-15,6-5-10(19)16-14)9-3-1-8(7-18)2-4-9/h1-4,18H,5-7,13-15H2,(H,16,19)(H,17,20)/t12-/m1/s1. The van der Waals surface area contributed by atoms with Gasteiger partial charge in [0.2, 0.25) is 5.91 Å². The smallest absolute Gasteiger partial charge is 0.258 e. The predicted molar refractivity (Wildman–Crippen MR) is 72.1 cm³/mol. The molecule has 0 heterocycles. The van der Waals surface area contributed by atoms with Crippen LogP contribution in [-0.2, 0) is 21.7 Å². The van der Waals surface area contributed by atoms with E-state index >= 15 is 0 Å². The zero-order valence-corrected chi connectivity index (χ0v) is 10.9. The van der Waals surface area contributed by atoms with Gasteiger partial charge in [0.1, 0.15) is 5.54 Å². The largest absolute Gasteiger partial charge is 0.392 e. The summed E-state index contributed by atoms with van der Waals surface area (Å²) in [6, 6.07) is 6.51. The molecule has 1 atom stereocenters. The molecule has 0 unspecified atom stereocenters. The molecule has 0 aromatic heterocycles. The van der Waals surface area contributed by atoms with E-state index in [4.69, 9.17) is 22.5 Å². The van der Waals surface area contributed by atoms with Crippen LogP contribution in [0.3, 0.4) is 0 Å². The summed E-state index contributed by atoms with van der Waals surface area (Å²) in [5, 5.41) is 9.00. The van der Waals surface area contributed by atoms with Crippen LogP contribution in [-0.4, -0.2) is 16.9 Å². The number of amides is 2. The molecule has 20 heavy (non-hydrogen) atoms. The van der Waals surface area contributed by atoms with Crippen LogP contribution < -0.4 is 28.3 Å². The molecular weight excluding hydrogens is 262 g/mol. The Balaban J connectivity index is 3.02. The van der Waals surface area contributed by atoms with Gasteiger partial charge in [-0.05, 0) is 17.5 Å². The van der Waals surface area contributed by atoms with Crippen LogP contribution in [0.1, 0.15) is 24.0 Å². The third kappa shape index (κ3) is 3.52. The van der Waals surface area contributed by atoms with Gasteiger partial charge in [-0.3, -0.25) is 20.4 Å². The van der Waals surface area contributed by atoms with E-state index in [0.717, 1.165) is 0 Å². The topological polar surface area (TPSA) is 156 Å². The number of aliphatic hydroxyl groups is 1. The molecular formula is C12H19N5O3. The zero-order valence-electron chi connectivity index (χ0n) is 10.9. The molecule has 0 saturated heterocycles. The number of carbonyl (C=O) groups excluding carboxylic acids is 2. The number of hydrazine groups is 2. The van der Waals surface area contributed by atoms with Crippen molar-refractivity contribution in [2.45, 2.75) is 25.0 Å². The van der Waals surface area contributed by atoms with Crippen LogP contribution >= 0.6 is 0 Å². The Hall–Kier alpha value is -2.00. The second-order valence-electron chi connectivity index (χ2n) is 4.37. The molecule has 0 saturated carbocycles. The molecule has 0 radical (unpaired) electrons. The average Bonchev–Trinajstić information content (AvgIpc) is 2.51. The first-order valence-electron chi connectivity index (χ1n) is 5.97. The van der Waals surface area contributed by atoms with E-state index in [9.17, 15) is 9.59 Å². The lowest BCUT2D eigenvalue weighted by Crippen LogP contribution is -2.54. The van der Waals surface area contributed by atoms with Gasteiger partial charge in [0.05, 0.1) is 6.61 Å². The molecule has 8 nitrogen and oxygen atoms in total. The Kier molecular flexibility index (Phi) is 5.59. The first kappa shape index (κ1) is 16.1. The molecule has 9 N–H and O–H groups in total. The molecule has 0 aliphatic carbocycles. The highest BCUT2D eigenvalue weighted by Gasteiger charge is 2.35. The fraction of sp³-hybridized carbons (Fsp3) is 0.333. The van der Waals surface area contributed by atoms with Gasteiger partial charge in [-0.1, -0.05) is 24.3 Å².